The molecule has 132 valence electrons. The number of nitrogens with zero attached hydrogens (tertiary/aromatic N) is 5. The molecule has 0 fully saturated rings. The van der Waals surface area contributed by atoms with E-state index in [0.717, 1.165) is 41.8 Å². The summed E-state index contributed by atoms with van der Waals surface area (Å²) in [6, 6.07) is 5.64. The van der Waals surface area contributed by atoms with Crippen LogP contribution < -0.4 is 5.32 Å². The number of pyridine rings is 1. The number of rotatable bonds is 4. The van der Waals surface area contributed by atoms with Crippen LogP contribution in [0.5, 0.6) is 0 Å². The minimum atomic E-state index is -0.0483. The summed E-state index contributed by atoms with van der Waals surface area (Å²) in [5.41, 5.74) is 3.94. The van der Waals surface area contributed by atoms with E-state index in [0.29, 0.717) is 5.82 Å². The van der Waals surface area contributed by atoms with Crippen LogP contribution in [0.3, 0.4) is 0 Å². The molecule has 7 heteroatoms. The van der Waals surface area contributed by atoms with Gasteiger partial charge in [-0.2, -0.15) is 5.10 Å². The topological polar surface area (TPSA) is 85.6 Å². The van der Waals surface area contributed by atoms with Crippen LogP contribution in [0.25, 0.3) is 11.4 Å². The molecule has 0 radical (unpaired) electrons. The maximum absolute atomic E-state index is 12.4. The second-order valence-electron chi connectivity index (χ2n) is 6.47. The summed E-state index contributed by atoms with van der Waals surface area (Å²) >= 11 is 0. The van der Waals surface area contributed by atoms with Crippen LogP contribution in [-0.4, -0.2) is 30.6 Å². The zero-order chi connectivity index (χ0) is 17.9. The lowest BCUT2D eigenvalue weighted by Crippen LogP contribution is -2.34. The molecule has 3 aromatic heterocycles. The number of amides is 1. The highest BCUT2D eigenvalue weighted by Gasteiger charge is 2.24. The summed E-state index contributed by atoms with van der Waals surface area (Å²) in [7, 11) is 0. The van der Waals surface area contributed by atoms with E-state index in [1.165, 1.54) is 0 Å². The average molecular weight is 348 g/mol. The van der Waals surface area contributed by atoms with Gasteiger partial charge in [0.2, 0.25) is 5.91 Å². The fourth-order valence-electron chi connectivity index (χ4n) is 3.28. The van der Waals surface area contributed by atoms with Crippen molar-refractivity contribution in [3.8, 4) is 11.4 Å². The monoisotopic (exact) mass is 348 g/mol. The van der Waals surface area contributed by atoms with Gasteiger partial charge in [0.25, 0.3) is 0 Å². The van der Waals surface area contributed by atoms with Gasteiger partial charge in [0.1, 0.15) is 6.54 Å². The largest absolute Gasteiger partial charge is 0.348 e. The number of nitrogens with one attached hydrogen (secondary N) is 1. The Balaban J connectivity index is 1.52. The Hall–Kier alpha value is -3.09. The predicted molar refractivity (Wildman–Crippen MR) is 96.0 cm³/mol. The number of fused-ring (bicyclic) bond motifs is 1. The number of aryl methyl sites for hydroxylation is 2. The van der Waals surface area contributed by atoms with Gasteiger partial charge in [-0.1, -0.05) is 0 Å². The third-order valence-corrected chi connectivity index (χ3v) is 4.68. The first-order valence-corrected chi connectivity index (χ1v) is 8.74. The van der Waals surface area contributed by atoms with E-state index in [1.54, 1.807) is 23.3 Å². The van der Waals surface area contributed by atoms with Crippen LogP contribution in [0.15, 0.2) is 43.0 Å². The third-order valence-electron chi connectivity index (χ3n) is 4.68. The predicted octanol–water partition coefficient (Wildman–Crippen LogP) is 2.24. The van der Waals surface area contributed by atoms with Gasteiger partial charge in [0.05, 0.1) is 6.04 Å². The number of carbonyl (C=O) groups is 1. The summed E-state index contributed by atoms with van der Waals surface area (Å²) in [5, 5.41) is 7.27. The molecule has 4 rings (SSSR count). The van der Waals surface area contributed by atoms with E-state index in [4.69, 9.17) is 4.98 Å². The highest BCUT2D eigenvalue weighted by atomic mass is 16.2. The molecule has 3 aromatic rings. The van der Waals surface area contributed by atoms with Gasteiger partial charge in [0, 0.05) is 47.3 Å². The van der Waals surface area contributed by atoms with Crippen molar-refractivity contribution >= 4 is 5.91 Å². The standard InChI is InChI=1S/C19H20N6O/c1-13-5-10-22-25(13)12-18(26)23-16-3-2-4-17-15(16)11-21-19(24-17)14-6-8-20-9-7-14/h5-11,16H,2-4,12H2,1H3,(H,23,26). The Bertz CT molecular complexity index is 921. The van der Waals surface area contributed by atoms with Gasteiger partial charge in [-0.15, -0.1) is 0 Å². The van der Waals surface area contributed by atoms with E-state index in [9.17, 15) is 4.79 Å². The van der Waals surface area contributed by atoms with E-state index >= 15 is 0 Å². The van der Waals surface area contributed by atoms with Crippen molar-refractivity contribution < 1.29 is 4.79 Å². The van der Waals surface area contributed by atoms with Crippen LogP contribution in [0.4, 0.5) is 0 Å². The number of aromatic nitrogens is 5. The van der Waals surface area contributed by atoms with Crippen LogP contribution in [0.2, 0.25) is 0 Å². The quantitative estimate of drug-likeness (QED) is 0.781. The molecule has 1 unspecified atom stereocenters. The third kappa shape index (κ3) is 3.33. The molecule has 0 saturated carbocycles. The van der Waals surface area contributed by atoms with Crippen molar-refractivity contribution in [1.29, 1.82) is 0 Å². The molecule has 26 heavy (non-hydrogen) atoms. The van der Waals surface area contributed by atoms with Gasteiger partial charge in [-0.05, 0) is 44.4 Å². The molecular weight excluding hydrogens is 328 g/mol. The van der Waals surface area contributed by atoms with Crippen molar-refractivity contribution in [2.24, 2.45) is 0 Å². The Kier molecular flexibility index (Phi) is 4.43. The van der Waals surface area contributed by atoms with Crippen molar-refractivity contribution in [2.75, 3.05) is 0 Å². The van der Waals surface area contributed by atoms with Crippen molar-refractivity contribution in [2.45, 2.75) is 38.8 Å². The number of hydrogen-bond acceptors (Lipinski definition) is 5. The highest BCUT2D eigenvalue weighted by Crippen LogP contribution is 2.29. The normalized spacial score (nSPS) is 16.1. The van der Waals surface area contributed by atoms with Crippen molar-refractivity contribution in [3.63, 3.8) is 0 Å². The molecule has 0 spiro atoms. The minimum Gasteiger partial charge on any atom is -0.348 e. The van der Waals surface area contributed by atoms with Crippen LogP contribution in [-0.2, 0) is 17.8 Å². The van der Waals surface area contributed by atoms with Crippen molar-refractivity contribution in [1.82, 2.24) is 30.0 Å². The summed E-state index contributed by atoms with van der Waals surface area (Å²) < 4.78 is 1.70. The second kappa shape index (κ2) is 7.03. The molecule has 0 aliphatic heterocycles. The Morgan fingerprint density at radius 1 is 1.27 bits per heavy atom. The summed E-state index contributed by atoms with van der Waals surface area (Å²) in [6.07, 6.45) is 9.81. The van der Waals surface area contributed by atoms with Crippen LogP contribution in [0.1, 0.15) is 35.8 Å². The Labute approximate surface area is 151 Å². The molecule has 1 aliphatic carbocycles. The highest BCUT2D eigenvalue weighted by molar-refractivity contribution is 5.76. The molecule has 1 aliphatic rings. The zero-order valence-corrected chi connectivity index (χ0v) is 14.6. The molecule has 7 nitrogen and oxygen atoms in total. The van der Waals surface area contributed by atoms with E-state index in [2.05, 4.69) is 20.4 Å². The zero-order valence-electron chi connectivity index (χ0n) is 14.6. The first-order chi connectivity index (χ1) is 12.7. The van der Waals surface area contributed by atoms with Gasteiger partial charge < -0.3 is 5.32 Å². The Morgan fingerprint density at radius 3 is 2.88 bits per heavy atom. The molecule has 1 amide bonds. The lowest BCUT2D eigenvalue weighted by atomic mass is 9.92. The first kappa shape index (κ1) is 16.4. The smallest absolute Gasteiger partial charge is 0.242 e. The molecule has 1 N–H and O–H groups in total. The Morgan fingerprint density at radius 2 is 2.12 bits per heavy atom. The van der Waals surface area contributed by atoms with Crippen LogP contribution in [0, 0.1) is 6.92 Å². The first-order valence-electron chi connectivity index (χ1n) is 8.74. The molecule has 0 saturated heterocycles. The van der Waals surface area contributed by atoms with E-state index in [1.807, 2.05) is 31.3 Å². The fraction of sp³-hybridized carbons (Fsp3) is 0.316. The summed E-state index contributed by atoms with van der Waals surface area (Å²) in [5.74, 6) is 0.651. The van der Waals surface area contributed by atoms with Gasteiger partial charge in [-0.3, -0.25) is 14.5 Å². The van der Waals surface area contributed by atoms with Gasteiger partial charge >= 0.3 is 0 Å². The fourth-order valence-corrected chi connectivity index (χ4v) is 3.28. The van der Waals surface area contributed by atoms with Gasteiger partial charge in [-0.25, -0.2) is 9.97 Å². The summed E-state index contributed by atoms with van der Waals surface area (Å²) in [6.45, 7) is 2.16. The van der Waals surface area contributed by atoms with Crippen molar-refractivity contribution in [3.05, 3.63) is 59.9 Å². The SMILES string of the molecule is Cc1ccnn1CC(=O)NC1CCCc2nc(-c3ccncc3)ncc21. The lowest BCUT2D eigenvalue weighted by Gasteiger charge is -2.25. The number of carbonyl (C=O) groups excluding carboxylic acids is 1. The van der Waals surface area contributed by atoms with Gasteiger partial charge in [0.15, 0.2) is 5.82 Å². The maximum atomic E-state index is 12.4. The minimum absolute atomic E-state index is 0.0476. The average Bonchev–Trinajstić information content (AvgIpc) is 3.07. The van der Waals surface area contributed by atoms with Crippen LogP contribution >= 0.6 is 0 Å². The second-order valence-corrected chi connectivity index (χ2v) is 6.47. The summed E-state index contributed by atoms with van der Waals surface area (Å²) in [4.78, 5) is 25.7. The number of hydrogen-bond donors (Lipinski definition) is 1. The maximum Gasteiger partial charge on any atom is 0.242 e. The van der Waals surface area contributed by atoms with E-state index in [-0.39, 0.29) is 18.5 Å². The molecule has 0 bridgehead atoms. The molecule has 1 atom stereocenters. The molecule has 3 heterocycles. The molecule has 0 aromatic carbocycles. The molecular formula is C19H20N6O. The van der Waals surface area contributed by atoms with E-state index < -0.39 is 0 Å². The lowest BCUT2D eigenvalue weighted by molar-refractivity contribution is -0.122.